The van der Waals surface area contributed by atoms with Crippen molar-refractivity contribution in [1.82, 2.24) is 9.88 Å². The summed E-state index contributed by atoms with van der Waals surface area (Å²) in [5.41, 5.74) is 1.17. The lowest BCUT2D eigenvalue weighted by Gasteiger charge is -2.37. The van der Waals surface area contributed by atoms with E-state index < -0.39 is 0 Å². The lowest BCUT2D eigenvalue weighted by molar-refractivity contribution is -0.383. The van der Waals surface area contributed by atoms with Crippen LogP contribution in [0, 0.1) is 10.1 Å². The van der Waals surface area contributed by atoms with E-state index in [-0.39, 0.29) is 10.6 Å². The van der Waals surface area contributed by atoms with Gasteiger partial charge in [-0.3, -0.25) is 20.0 Å². The Morgan fingerprint density at radius 2 is 2.04 bits per heavy atom. The molecule has 7 heteroatoms. The molecule has 0 aliphatic carbocycles. The van der Waals surface area contributed by atoms with E-state index in [9.17, 15) is 10.1 Å². The van der Waals surface area contributed by atoms with Gasteiger partial charge in [0, 0.05) is 68.9 Å². The predicted molar refractivity (Wildman–Crippen MR) is 96.0 cm³/mol. The third kappa shape index (κ3) is 3.29. The van der Waals surface area contributed by atoms with Gasteiger partial charge in [-0.05, 0) is 25.0 Å². The Bertz CT molecular complexity index is 768. The Kier molecular flexibility index (Phi) is 4.50. The third-order valence-electron chi connectivity index (χ3n) is 5.17. The second-order valence-corrected chi connectivity index (χ2v) is 6.70. The lowest BCUT2D eigenvalue weighted by Crippen LogP contribution is -2.48. The molecule has 2 aliphatic rings. The molecule has 0 unspecified atom stereocenters. The first kappa shape index (κ1) is 16.2. The van der Waals surface area contributed by atoms with Crippen molar-refractivity contribution in [3.63, 3.8) is 0 Å². The molecular formula is C18H22N4O3. The highest BCUT2D eigenvalue weighted by atomic mass is 16.6. The maximum Gasteiger partial charge on any atom is 0.278 e. The highest BCUT2D eigenvalue weighted by Gasteiger charge is 2.24. The van der Waals surface area contributed by atoms with Crippen molar-refractivity contribution in [3.8, 4) is 0 Å². The highest BCUT2D eigenvalue weighted by molar-refractivity contribution is 5.99. The summed E-state index contributed by atoms with van der Waals surface area (Å²) in [6.45, 7) is 5.73. The normalized spacial score (nSPS) is 21.8. The number of nitrogens with zero attached hydrogens (tertiary/aromatic N) is 4. The molecule has 0 radical (unpaired) electrons. The molecule has 2 aliphatic heterocycles. The van der Waals surface area contributed by atoms with Crippen LogP contribution in [0.25, 0.3) is 10.8 Å². The Morgan fingerprint density at radius 3 is 2.76 bits per heavy atom. The summed E-state index contributed by atoms with van der Waals surface area (Å²) in [6.07, 6.45) is 6.01. The number of anilines is 1. The molecule has 2 saturated heterocycles. The maximum atomic E-state index is 11.3. The molecule has 0 spiro atoms. The fourth-order valence-electron chi connectivity index (χ4n) is 3.84. The molecule has 1 aromatic carbocycles. The summed E-state index contributed by atoms with van der Waals surface area (Å²) in [5, 5.41) is 12.8. The minimum Gasteiger partial charge on any atom is -0.377 e. The van der Waals surface area contributed by atoms with Gasteiger partial charge in [-0.1, -0.05) is 0 Å². The number of nitro groups is 1. The Labute approximate surface area is 146 Å². The molecule has 2 aromatic rings. The topological polar surface area (TPSA) is 71.7 Å². The average molecular weight is 342 g/mol. The standard InChI is InChI=1S/C18H22N4O3/c23-22(24)18-4-3-17(15-5-6-19-12-16(15)18)21-9-7-20(8-10-21)13-14-2-1-11-25-14/h3-6,12,14H,1-2,7-11,13H2/t14-/m0/s1. The molecule has 132 valence electrons. The first-order valence-corrected chi connectivity index (χ1v) is 8.82. The Morgan fingerprint density at radius 1 is 1.20 bits per heavy atom. The van der Waals surface area contributed by atoms with Gasteiger partial charge in [0.05, 0.1) is 16.4 Å². The van der Waals surface area contributed by atoms with E-state index in [1.807, 2.05) is 12.1 Å². The van der Waals surface area contributed by atoms with Gasteiger partial charge in [-0.2, -0.15) is 0 Å². The van der Waals surface area contributed by atoms with Crippen molar-refractivity contribution in [2.45, 2.75) is 18.9 Å². The van der Waals surface area contributed by atoms with Gasteiger partial charge in [-0.15, -0.1) is 0 Å². The SMILES string of the molecule is O=[N+]([O-])c1ccc(N2CCN(C[C@@H]3CCCO3)CC2)c2ccncc12. The summed E-state index contributed by atoms with van der Waals surface area (Å²) < 4.78 is 5.73. The number of hydrogen-bond acceptors (Lipinski definition) is 6. The molecule has 0 amide bonds. The summed E-state index contributed by atoms with van der Waals surface area (Å²) in [7, 11) is 0. The number of rotatable bonds is 4. The zero-order chi connectivity index (χ0) is 17.2. The molecule has 0 N–H and O–H groups in total. The van der Waals surface area contributed by atoms with Crippen LogP contribution in [0.5, 0.6) is 0 Å². The fourth-order valence-corrected chi connectivity index (χ4v) is 3.84. The number of aromatic nitrogens is 1. The minimum absolute atomic E-state index is 0.115. The van der Waals surface area contributed by atoms with Crippen LogP contribution >= 0.6 is 0 Å². The van der Waals surface area contributed by atoms with E-state index in [4.69, 9.17) is 4.74 Å². The van der Waals surface area contributed by atoms with Crippen LogP contribution in [0.15, 0.2) is 30.6 Å². The summed E-state index contributed by atoms with van der Waals surface area (Å²) in [6, 6.07) is 5.34. The third-order valence-corrected chi connectivity index (χ3v) is 5.17. The van der Waals surface area contributed by atoms with Gasteiger partial charge in [0.2, 0.25) is 0 Å². The number of piperazine rings is 1. The zero-order valence-corrected chi connectivity index (χ0v) is 14.1. The average Bonchev–Trinajstić information content (AvgIpc) is 3.14. The van der Waals surface area contributed by atoms with E-state index in [1.54, 1.807) is 18.5 Å². The van der Waals surface area contributed by atoms with Crippen LogP contribution < -0.4 is 4.90 Å². The molecule has 1 atom stereocenters. The molecular weight excluding hydrogens is 320 g/mol. The van der Waals surface area contributed by atoms with E-state index >= 15 is 0 Å². The number of hydrogen-bond donors (Lipinski definition) is 0. The van der Waals surface area contributed by atoms with E-state index in [2.05, 4.69) is 14.8 Å². The van der Waals surface area contributed by atoms with Crippen LogP contribution in [-0.4, -0.2) is 60.2 Å². The highest BCUT2D eigenvalue weighted by Crippen LogP contribution is 2.33. The molecule has 0 bridgehead atoms. The fraction of sp³-hybridized carbons (Fsp3) is 0.500. The molecule has 4 rings (SSSR count). The van der Waals surface area contributed by atoms with E-state index in [1.165, 1.54) is 12.8 Å². The summed E-state index contributed by atoms with van der Waals surface area (Å²) in [4.78, 5) is 19.8. The Hall–Kier alpha value is -2.25. The molecule has 7 nitrogen and oxygen atoms in total. The first-order chi connectivity index (χ1) is 12.2. The van der Waals surface area contributed by atoms with Crippen LogP contribution in [0.2, 0.25) is 0 Å². The number of benzene rings is 1. The lowest BCUT2D eigenvalue weighted by atomic mass is 10.1. The quantitative estimate of drug-likeness (QED) is 0.628. The van der Waals surface area contributed by atoms with Crippen molar-refractivity contribution in [3.05, 3.63) is 40.7 Å². The van der Waals surface area contributed by atoms with Crippen molar-refractivity contribution >= 4 is 22.1 Å². The first-order valence-electron chi connectivity index (χ1n) is 8.82. The van der Waals surface area contributed by atoms with Gasteiger partial charge in [0.15, 0.2) is 0 Å². The second-order valence-electron chi connectivity index (χ2n) is 6.70. The molecule has 2 fully saturated rings. The monoisotopic (exact) mass is 342 g/mol. The number of pyridine rings is 1. The second kappa shape index (κ2) is 6.93. The minimum atomic E-state index is -0.340. The van der Waals surface area contributed by atoms with Gasteiger partial charge in [0.1, 0.15) is 0 Å². The van der Waals surface area contributed by atoms with E-state index in [0.29, 0.717) is 11.5 Å². The van der Waals surface area contributed by atoms with Gasteiger partial charge >= 0.3 is 0 Å². The van der Waals surface area contributed by atoms with Crippen molar-refractivity contribution in [1.29, 1.82) is 0 Å². The molecule has 1 aromatic heterocycles. The van der Waals surface area contributed by atoms with Crippen LogP contribution in [0.3, 0.4) is 0 Å². The van der Waals surface area contributed by atoms with Crippen LogP contribution in [0.4, 0.5) is 11.4 Å². The smallest absolute Gasteiger partial charge is 0.278 e. The number of fused-ring (bicyclic) bond motifs is 1. The van der Waals surface area contributed by atoms with Gasteiger partial charge < -0.3 is 9.64 Å². The zero-order valence-electron chi connectivity index (χ0n) is 14.1. The number of ether oxygens (including phenoxy) is 1. The molecule has 0 saturated carbocycles. The Balaban J connectivity index is 1.51. The van der Waals surface area contributed by atoms with Crippen molar-refractivity contribution < 1.29 is 9.66 Å². The summed E-state index contributed by atoms with van der Waals surface area (Å²) >= 11 is 0. The van der Waals surface area contributed by atoms with E-state index in [0.717, 1.165) is 50.4 Å². The number of nitro benzene ring substituents is 1. The van der Waals surface area contributed by atoms with Crippen LogP contribution in [-0.2, 0) is 4.74 Å². The molecule has 3 heterocycles. The van der Waals surface area contributed by atoms with Gasteiger partial charge in [0.25, 0.3) is 5.69 Å². The number of non-ortho nitro benzene ring substituents is 1. The largest absolute Gasteiger partial charge is 0.377 e. The maximum absolute atomic E-state index is 11.3. The van der Waals surface area contributed by atoms with Crippen molar-refractivity contribution in [2.75, 3.05) is 44.2 Å². The summed E-state index contributed by atoms with van der Waals surface area (Å²) in [5.74, 6) is 0. The molecule has 25 heavy (non-hydrogen) atoms. The van der Waals surface area contributed by atoms with Gasteiger partial charge in [-0.25, -0.2) is 0 Å². The predicted octanol–water partition coefficient (Wildman–Crippen LogP) is 2.44. The van der Waals surface area contributed by atoms with Crippen LogP contribution in [0.1, 0.15) is 12.8 Å². The van der Waals surface area contributed by atoms with Crippen molar-refractivity contribution in [2.24, 2.45) is 0 Å².